The Bertz CT molecular complexity index is 1320. The quantitative estimate of drug-likeness (QED) is 0.0288. The van der Waals surface area contributed by atoms with Crippen molar-refractivity contribution in [3.8, 4) is 0 Å². The van der Waals surface area contributed by atoms with Gasteiger partial charge < -0.3 is 18.9 Å². The van der Waals surface area contributed by atoms with Crippen LogP contribution in [0.3, 0.4) is 0 Å². The number of halogens is 18. The number of phosphoric acid groups is 1. The zero-order valence-corrected chi connectivity index (χ0v) is 37.0. The molecule has 1 unspecified atom stereocenters. The molecule has 0 aliphatic carbocycles. The molecule has 0 saturated heterocycles. The van der Waals surface area contributed by atoms with Gasteiger partial charge >= 0.3 is 55.7 Å². The monoisotopic (exact) mass is 1000 g/mol. The molecule has 0 bridgehead atoms. The standard InChI is InChI=1S/C38H62F18NO6P/c1-57(2,3)24-27-62-64(58,59)63-29-30(61-26-21-17-13-9-5-7-11-15-19-23-32(41,42)34(45,46)36(49,50)38(54,55)56)28-60-25-20-16-12-8-4-6-10-14-18-22-31(39,40)33(43,44)35(47,48)37(51,52)53/h30H,4-29H2,1-3H3/p+1/t30-/m0/s1. The highest BCUT2D eigenvalue weighted by molar-refractivity contribution is 7.47. The molecule has 0 radical (unpaired) electrons. The topological polar surface area (TPSA) is 74.2 Å². The van der Waals surface area contributed by atoms with Gasteiger partial charge in [-0.05, 0) is 25.7 Å². The number of rotatable bonds is 38. The maximum absolute atomic E-state index is 13.6. The second-order valence-corrected chi connectivity index (χ2v) is 18.2. The van der Waals surface area contributed by atoms with E-state index in [1.807, 2.05) is 21.1 Å². The molecule has 7 nitrogen and oxygen atoms in total. The van der Waals surface area contributed by atoms with E-state index < -0.39 is 87.5 Å². The Hall–Kier alpha value is -1.27. The van der Waals surface area contributed by atoms with Gasteiger partial charge in [0.2, 0.25) is 0 Å². The molecular formula is C38H63F18NO6P+. The van der Waals surface area contributed by atoms with Crippen molar-refractivity contribution in [1.82, 2.24) is 0 Å². The van der Waals surface area contributed by atoms with Crippen LogP contribution in [0.5, 0.6) is 0 Å². The van der Waals surface area contributed by atoms with Crippen LogP contribution >= 0.6 is 7.82 Å². The van der Waals surface area contributed by atoms with E-state index in [1.165, 1.54) is 0 Å². The number of unbranched alkanes of at least 4 members (excludes halogenated alkanes) is 16. The summed E-state index contributed by atoms with van der Waals surface area (Å²) in [5.41, 5.74) is 0. The first-order chi connectivity index (χ1) is 29.0. The van der Waals surface area contributed by atoms with Gasteiger partial charge in [0.15, 0.2) is 0 Å². The van der Waals surface area contributed by atoms with Crippen LogP contribution in [0, 0.1) is 0 Å². The summed E-state index contributed by atoms with van der Waals surface area (Å²) < 4.78 is 268. The lowest BCUT2D eigenvalue weighted by atomic mass is 9.97. The van der Waals surface area contributed by atoms with Gasteiger partial charge in [-0.15, -0.1) is 0 Å². The first-order valence-corrected chi connectivity index (χ1v) is 22.5. The van der Waals surface area contributed by atoms with E-state index in [-0.39, 0.29) is 58.7 Å². The molecule has 0 aromatic rings. The van der Waals surface area contributed by atoms with Crippen molar-refractivity contribution >= 4 is 7.82 Å². The predicted molar refractivity (Wildman–Crippen MR) is 199 cm³/mol. The predicted octanol–water partition coefficient (Wildman–Crippen LogP) is 14.0. The molecule has 0 amide bonds. The normalized spacial score (nSPS) is 15.8. The Morgan fingerprint density at radius 3 is 1.11 bits per heavy atom. The molecule has 386 valence electrons. The van der Waals surface area contributed by atoms with Crippen molar-refractivity contribution in [2.75, 3.05) is 60.7 Å². The lowest BCUT2D eigenvalue weighted by Crippen LogP contribution is -2.60. The maximum Gasteiger partial charge on any atom is 0.472 e. The van der Waals surface area contributed by atoms with Gasteiger partial charge in [0.25, 0.3) is 0 Å². The Morgan fingerprint density at radius 1 is 0.438 bits per heavy atom. The maximum atomic E-state index is 13.6. The molecule has 0 heterocycles. The summed E-state index contributed by atoms with van der Waals surface area (Å²) in [6, 6.07) is 0. The van der Waals surface area contributed by atoms with Gasteiger partial charge in [0.1, 0.15) is 19.3 Å². The van der Waals surface area contributed by atoms with E-state index in [9.17, 15) is 88.5 Å². The molecule has 0 spiro atoms. The fourth-order valence-electron chi connectivity index (χ4n) is 5.86. The first kappa shape index (κ1) is 62.7. The van der Waals surface area contributed by atoms with Gasteiger partial charge in [0, 0.05) is 26.1 Å². The second-order valence-electron chi connectivity index (χ2n) is 16.7. The van der Waals surface area contributed by atoms with E-state index in [0.29, 0.717) is 81.7 Å². The summed E-state index contributed by atoms with van der Waals surface area (Å²) in [6.07, 6.45) is -11.7. The van der Waals surface area contributed by atoms with Crippen LogP contribution in [0.1, 0.15) is 128 Å². The Morgan fingerprint density at radius 2 is 0.766 bits per heavy atom. The molecule has 0 saturated carbocycles. The summed E-state index contributed by atoms with van der Waals surface area (Å²) in [4.78, 5) is 10.1. The third-order valence-electron chi connectivity index (χ3n) is 9.93. The van der Waals surface area contributed by atoms with Crippen LogP contribution < -0.4 is 0 Å². The van der Waals surface area contributed by atoms with E-state index in [4.69, 9.17) is 18.5 Å². The van der Waals surface area contributed by atoms with Crippen molar-refractivity contribution < 1.29 is 111 Å². The van der Waals surface area contributed by atoms with Crippen molar-refractivity contribution in [3.63, 3.8) is 0 Å². The molecule has 0 aromatic carbocycles. The number of hydrogen-bond acceptors (Lipinski definition) is 5. The molecule has 2 atom stereocenters. The summed E-state index contributed by atoms with van der Waals surface area (Å²) >= 11 is 0. The molecular weight excluding hydrogens is 939 g/mol. The second kappa shape index (κ2) is 27.1. The molecule has 0 rings (SSSR count). The fraction of sp³-hybridized carbons (Fsp3) is 1.00. The zero-order valence-electron chi connectivity index (χ0n) is 36.1. The number of nitrogens with zero attached hydrogens (tertiary/aromatic N) is 1. The number of hydrogen-bond donors (Lipinski definition) is 1. The molecule has 0 fully saturated rings. The van der Waals surface area contributed by atoms with Crippen molar-refractivity contribution in [3.05, 3.63) is 0 Å². The summed E-state index contributed by atoms with van der Waals surface area (Å²) in [5, 5.41) is 0. The Balaban J connectivity index is 4.52. The highest BCUT2D eigenvalue weighted by Gasteiger charge is 2.82. The van der Waals surface area contributed by atoms with E-state index in [1.54, 1.807) is 0 Å². The minimum absolute atomic E-state index is 0.0218. The van der Waals surface area contributed by atoms with Crippen molar-refractivity contribution in [2.24, 2.45) is 0 Å². The molecule has 0 aliphatic heterocycles. The van der Waals surface area contributed by atoms with Crippen molar-refractivity contribution in [1.29, 1.82) is 0 Å². The minimum atomic E-state index is -6.90. The summed E-state index contributed by atoms with van der Waals surface area (Å²) in [7, 11) is 1.11. The van der Waals surface area contributed by atoms with Gasteiger partial charge in [0.05, 0.1) is 34.4 Å². The highest BCUT2D eigenvalue weighted by Crippen LogP contribution is 2.55. The summed E-state index contributed by atoms with van der Waals surface area (Å²) in [5.74, 6) is -38.1. The van der Waals surface area contributed by atoms with Crippen LogP contribution in [-0.4, -0.2) is 124 Å². The Labute approximate surface area is 362 Å². The largest absolute Gasteiger partial charge is 0.472 e. The van der Waals surface area contributed by atoms with Gasteiger partial charge in [-0.2, -0.15) is 79.0 Å². The van der Waals surface area contributed by atoms with Crippen LogP contribution in [0.15, 0.2) is 0 Å². The van der Waals surface area contributed by atoms with Crippen molar-refractivity contribution in [2.45, 2.75) is 182 Å². The zero-order chi connectivity index (χ0) is 49.8. The van der Waals surface area contributed by atoms with E-state index in [2.05, 4.69) is 0 Å². The van der Waals surface area contributed by atoms with Crippen LogP contribution in [0.25, 0.3) is 0 Å². The van der Waals surface area contributed by atoms with Gasteiger partial charge in [-0.3, -0.25) is 9.05 Å². The smallest absolute Gasteiger partial charge is 0.379 e. The molecule has 0 aliphatic rings. The van der Waals surface area contributed by atoms with Crippen LogP contribution in [0.2, 0.25) is 0 Å². The fourth-order valence-corrected chi connectivity index (χ4v) is 6.60. The number of alkyl halides is 18. The SMILES string of the molecule is C[N+](C)(C)CCOP(=O)(O)OC[C@H](COCCCCCCCCCCCC(F)(F)C(F)(F)C(F)(F)C(F)(F)F)OCCCCCCCCCCCC(F)(F)C(F)(F)C(F)(F)C(F)(F)F. The molecule has 1 N–H and O–H groups in total. The molecule has 0 aromatic heterocycles. The Kier molecular flexibility index (Phi) is 26.5. The third-order valence-corrected chi connectivity index (χ3v) is 10.9. The number of quaternary nitrogens is 1. The lowest BCUT2D eigenvalue weighted by Gasteiger charge is -2.33. The minimum Gasteiger partial charge on any atom is -0.379 e. The van der Waals surface area contributed by atoms with Gasteiger partial charge in [-0.1, -0.05) is 89.9 Å². The molecule has 64 heavy (non-hydrogen) atoms. The number of phosphoric ester groups is 1. The lowest BCUT2D eigenvalue weighted by molar-refractivity contribution is -0.870. The van der Waals surface area contributed by atoms with E-state index in [0.717, 1.165) is 6.42 Å². The van der Waals surface area contributed by atoms with Gasteiger partial charge in [-0.25, -0.2) is 4.57 Å². The van der Waals surface area contributed by atoms with Crippen LogP contribution in [0.4, 0.5) is 79.0 Å². The summed E-state index contributed by atoms with van der Waals surface area (Å²) in [6.45, 7) is 0.429. The number of likely N-dealkylation sites (N-methyl/N-ethyl adjacent to an activating group) is 1. The molecule has 26 heteroatoms. The third kappa shape index (κ3) is 21.8. The highest BCUT2D eigenvalue weighted by atomic mass is 31.2. The average molecular weight is 1000 g/mol. The first-order valence-electron chi connectivity index (χ1n) is 21.0. The number of ether oxygens (including phenoxy) is 2. The average Bonchev–Trinajstić information content (AvgIpc) is 3.13. The van der Waals surface area contributed by atoms with Crippen LogP contribution in [-0.2, 0) is 23.1 Å². The van der Waals surface area contributed by atoms with E-state index >= 15 is 0 Å².